The van der Waals surface area contributed by atoms with Gasteiger partial charge in [0.15, 0.2) is 0 Å². The van der Waals surface area contributed by atoms with Gasteiger partial charge in [-0.1, -0.05) is 18.2 Å². The number of likely N-dealkylation sites (N-methyl/N-ethyl adjacent to an activating group) is 1. The molecule has 5 rings (SSSR count). The lowest BCUT2D eigenvalue weighted by Crippen LogP contribution is -2.44. The molecule has 11 nitrogen and oxygen atoms in total. The number of carboxylic acids is 1. The van der Waals surface area contributed by atoms with Crippen LogP contribution in [-0.2, 0) is 28.7 Å². The third-order valence-electron chi connectivity index (χ3n) is 8.48. The minimum Gasteiger partial charge on any atom is -0.497 e. The highest BCUT2D eigenvalue weighted by Crippen LogP contribution is 2.35. The summed E-state index contributed by atoms with van der Waals surface area (Å²) in [4.78, 5) is 56.0. The van der Waals surface area contributed by atoms with Crippen LogP contribution in [-0.4, -0.2) is 85.5 Å². The first kappa shape index (κ1) is 37.4. The standard InChI is InChI=1S/C38H37F3N4O7/c1-43-17-19-44(20-18-43)30-12-7-27(8-13-30)37(50)52-31-14-3-25(4-15-31)23-45(24-35(47)48)36(49)26-5-10-29(11-6-26)42-34(46)21-28-9-16-32(51-2)22-33(28)38(39,40)41/h3-16,22H,17-21,23-24H2,1-2H3,(H,42,46)(H,47,48). The van der Waals surface area contributed by atoms with Crippen LogP contribution in [0.5, 0.6) is 11.5 Å². The van der Waals surface area contributed by atoms with Crippen molar-refractivity contribution in [2.45, 2.75) is 19.1 Å². The number of hydrogen-bond acceptors (Lipinski definition) is 8. The molecule has 0 spiro atoms. The first-order chi connectivity index (χ1) is 24.8. The zero-order valence-corrected chi connectivity index (χ0v) is 28.5. The van der Waals surface area contributed by atoms with Crippen LogP contribution in [0.15, 0.2) is 91.0 Å². The molecule has 1 fully saturated rings. The number of benzene rings is 4. The number of carbonyl (C=O) groups is 4. The fourth-order valence-corrected chi connectivity index (χ4v) is 5.64. The van der Waals surface area contributed by atoms with Crippen LogP contribution < -0.4 is 19.7 Å². The Balaban J connectivity index is 1.18. The van der Waals surface area contributed by atoms with E-state index in [1.807, 2.05) is 12.1 Å². The summed E-state index contributed by atoms with van der Waals surface area (Å²) in [7, 11) is 3.32. The largest absolute Gasteiger partial charge is 0.497 e. The van der Waals surface area contributed by atoms with E-state index in [1.165, 1.54) is 43.5 Å². The van der Waals surface area contributed by atoms with Gasteiger partial charge >= 0.3 is 18.1 Å². The Kier molecular flexibility index (Phi) is 11.8. The maximum Gasteiger partial charge on any atom is 0.416 e. The smallest absolute Gasteiger partial charge is 0.416 e. The summed E-state index contributed by atoms with van der Waals surface area (Å²) in [5, 5.41) is 12.0. The van der Waals surface area contributed by atoms with Crippen molar-refractivity contribution in [3.63, 3.8) is 0 Å². The van der Waals surface area contributed by atoms with Crippen LogP contribution >= 0.6 is 0 Å². The number of amides is 2. The van der Waals surface area contributed by atoms with Crippen molar-refractivity contribution < 1.29 is 46.9 Å². The molecular weight excluding hydrogens is 681 g/mol. The van der Waals surface area contributed by atoms with E-state index >= 15 is 0 Å². The number of alkyl halides is 3. The van der Waals surface area contributed by atoms with Gasteiger partial charge in [-0.05, 0) is 91.0 Å². The Labute approximate surface area is 298 Å². The Morgan fingerprint density at radius 2 is 1.44 bits per heavy atom. The summed E-state index contributed by atoms with van der Waals surface area (Å²) in [6.45, 7) is 3.05. The second-order valence-electron chi connectivity index (χ2n) is 12.2. The SMILES string of the molecule is COc1ccc(CC(=O)Nc2ccc(C(=O)N(CC(=O)O)Cc3ccc(OC(=O)c4ccc(N5CCN(C)CC5)cc4)cc3)cc2)c(C(F)(F)F)c1. The summed E-state index contributed by atoms with van der Waals surface area (Å²) in [5.74, 6) is -2.82. The quantitative estimate of drug-likeness (QED) is 0.142. The number of aliphatic carboxylic acids is 1. The molecule has 1 aliphatic rings. The van der Waals surface area contributed by atoms with Gasteiger partial charge in [0.05, 0.1) is 24.7 Å². The maximum atomic E-state index is 13.6. The van der Waals surface area contributed by atoms with E-state index in [1.54, 1.807) is 36.4 Å². The molecule has 2 amide bonds. The lowest BCUT2D eigenvalue weighted by Gasteiger charge is -2.34. The van der Waals surface area contributed by atoms with Gasteiger partial charge in [0.2, 0.25) is 5.91 Å². The van der Waals surface area contributed by atoms with Gasteiger partial charge < -0.3 is 34.6 Å². The fourth-order valence-electron chi connectivity index (χ4n) is 5.64. The van der Waals surface area contributed by atoms with Gasteiger partial charge in [0, 0.05) is 49.7 Å². The monoisotopic (exact) mass is 718 g/mol. The Hall–Kier alpha value is -5.89. The number of esters is 1. The van der Waals surface area contributed by atoms with Crippen LogP contribution in [0, 0.1) is 0 Å². The molecule has 0 radical (unpaired) electrons. The van der Waals surface area contributed by atoms with Crippen molar-refractivity contribution in [1.82, 2.24) is 9.80 Å². The van der Waals surface area contributed by atoms with Crippen LogP contribution in [0.3, 0.4) is 0 Å². The Morgan fingerprint density at radius 3 is 2.04 bits per heavy atom. The van der Waals surface area contributed by atoms with Crippen LogP contribution in [0.4, 0.5) is 24.5 Å². The highest BCUT2D eigenvalue weighted by Gasteiger charge is 2.34. The maximum absolute atomic E-state index is 13.6. The Bertz CT molecular complexity index is 1890. The van der Waals surface area contributed by atoms with Crippen LogP contribution in [0.2, 0.25) is 0 Å². The predicted molar refractivity (Wildman–Crippen MR) is 187 cm³/mol. The number of carboxylic acid groups (broad SMARTS) is 1. The third-order valence-corrected chi connectivity index (χ3v) is 8.48. The lowest BCUT2D eigenvalue weighted by atomic mass is 10.0. The minimum absolute atomic E-state index is 0.00484. The van der Waals surface area contributed by atoms with E-state index in [2.05, 4.69) is 22.2 Å². The van der Waals surface area contributed by atoms with E-state index < -0.39 is 48.5 Å². The molecule has 14 heteroatoms. The molecule has 0 saturated carbocycles. The molecule has 0 atom stereocenters. The summed E-state index contributed by atoms with van der Waals surface area (Å²) in [5.41, 5.74) is 1.12. The van der Waals surface area contributed by atoms with E-state index in [4.69, 9.17) is 9.47 Å². The van der Waals surface area contributed by atoms with Gasteiger partial charge in [-0.2, -0.15) is 13.2 Å². The fraction of sp³-hybridized carbons (Fsp3) is 0.263. The molecule has 1 saturated heterocycles. The molecular formula is C38H37F3N4O7. The van der Waals surface area contributed by atoms with Gasteiger partial charge in [-0.25, -0.2) is 4.79 Å². The highest BCUT2D eigenvalue weighted by molar-refractivity contribution is 5.97. The average Bonchev–Trinajstić information content (AvgIpc) is 3.12. The average molecular weight is 719 g/mol. The van der Waals surface area contributed by atoms with Crippen LogP contribution in [0.1, 0.15) is 37.4 Å². The molecule has 272 valence electrons. The van der Waals surface area contributed by atoms with E-state index in [9.17, 15) is 37.5 Å². The van der Waals surface area contributed by atoms with Crippen molar-refractivity contribution in [2.75, 3.05) is 57.1 Å². The van der Waals surface area contributed by atoms with Crippen LogP contribution in [0.25, 0.3) is 0 Å². The molecule has 4 aromatic rings. The number of rotatable bonds is 12. The number of hydrogen-bond donors (Lipinski definition) is 2. The first-order valence-corrected chi connectivity index (χ1v) is 16.3. The van der Waals surface area contributed by atoms with Gasteiger partial charge in [0.25, 0.3) is 5.91 Å². The number of methoxy groups -OCH3 is 1. The number of ether oxygens (including phenoxy) is 2. The number of halogens is 3. The molecule has 0 aromatic heterocycles. The summed E-state index contributed by atoms with van der Waals surface area (Å²) < 4.78 is 51.0. The predicted octanol–water partition coefficient (Wildman–Crippen LogP) is 5.59. The lowest BCUT2D eigenvalue weighted by molar-refractivity contribution is -0.139. The van der Waals surface area contributed by atoms with Crippen molar-refractivity contribution in [1.29, 1.82) is 0 Å². The van der Waals surface area contributed by atoms with E-state index in [-0.39, 0.29) is 34.9 Å². The van der Waals surface area contributed by atoms with Crippen molar-refractivity contribution in [3.8, 4) is 11.5 Å². The number of piperazine rings is 1. The van der Waals surface area contributed by atoms with Crippen molar-refractivity contribution in [3.05, 3.63) is 119 Å². The van der Waals surface area contributed by atoms with Gasteiger partial charge in [0.1, 0.15) is 18.0 Å². The Morgan fingerprint density at radius 1 is 0.827 bits per heavy atom. The van der Waals surface area contributed by atoms with E-state index in [0.717, 1.165) is 42.8 Å². The summed E-state index contributed by atoms with van der Waals surface area (Å²) in [6, 6.07) is 22.4. The number of anilines is 2. The molecule has 0 unspecified atom stereocenters. The number of nitrogens with zero attached hydrogens (tertiary/aromatic N) is 3. The molecule has 0 bridgehead atoms. The third kappa shape index (κ3) is 9.88. The molecule has 2 N–H and O–H groups in total. The second-order valence-corrected chi connectivity index (χ2v) is 12.2. The summed E-state index contributed by atoms with van der Waals surface area (Å²) in [6.07, 6.45) is -5.25. The second kappa shape index (κ2) is 16.4. The van der Waals surface area contributed by atoms with E-state index in [0.29, 0.717) is 11.1 Å². The minimum atomic E-state index is -4.69. The molecule has 4 aromatic carbocycles. The highest BCUT2D eigenvalue weighted by atomic mass is 19.4. The van der Waals surface area contributed by atoms with Crippen molar-refractivity contribution in [2.24, 2.45) is 0 Å². The van der Waals surface area contributed by atoms with Gasteiger partial charge in [-0.3, -0.25) is 14.4 Å². The summed E-state index contributed by atoms with van der Waals surface area (Å²) >= 11 is 0. The van der Waals surface area contributed by atoms with Gasteiger partial charge in [-0.15, -0.1) is 0 Å². The molecule has 52 heavy (non-hydrogen) atoms. The molecule has 1 aliphatic heterocycles. The molecule has 1 heterocycles. The normalized spacial score (nSPS) is 13.3. The zero-order valence-electron chi connectivity index (χ0n) is 28.5. The number of nitrogens with one attached hydrogen (secondary N) is 1. The van der Waals surface area contributed by atoms with Crippen molar-refractivity contribution >= 4 is 35.1 Å². The first-order valence-electron chi connectivity index (χ1n) is 16.3. The topological polar surface area (TPSA) is 129 Å². The molecule has 0 aliphatic carbocycles. The zero-order chi connectivity index (χ0) is 37.4. The number of carbonyl (C=O) groups excluding carboxylic acids is 3.